The van der Waals surface area contributed by atoms with E-state index in [-0.39, 0.29) is 12.3 Å². The monoisotopic (exact) mass is 260 g/mol. The van der Waals surface area contributed by atoms with Gasteiger partial charge in [-0.2, -0.15) is 4.98 Å². The summed E-state index contributed by atoms with van der Waals surface area (Å²) in [4.78, 5) is 7.50. The molecule has 0 atom stereocenters. The molecule has 2 heterocycles. The zero-order valence-electron chi connectivity index (χ0n) is 8.81. The molecular weight excluding hydrogens is 253 g/mol. The average molecular weight is 260 g/mol. The Morgan fingerprint density at radius 2 is 2.11 bits per heavy atom. The SMILES string of the molecule is FC(F)(F)Oc1ccc(NCc2ncon2)nc1. The lowest BCUT2D eigenvalue weighted by Crippen LogP contribution is -2.17. The van der Waals surface area contributed by atoms with Gasteiger partial charge in [-0.15, -0.1) is 13.2 Å². The molecule has 0 radical (unpaired) electrons. The molecule has 0 aliphatic carbocycles. The first-order valence-corrected chi connectivity index (χ1v) is 4.74. The molecule has 9 heteroatoms. The molecule has 0 spiro atoms. The maximum atomic E-state index is 11.9. The minimum Gasteiger partial charge on any atom is -0.404 e. The van der Waals surface area contributed by atoms with Crippen molar-refractivity contribution < 1.29 is 22.4 Å². The maximum absolute atomic E-state index is 11.9. The number of nitrogens with one attached hydrogen (secondary N) is 1. The molecule has 0 aliphatic heterocycles. The Bertz CT molecular complexity index is 484. The van der Waals surface area contributed by atoms with Crippen LogP contribution in [0, 0.1) is 0 Å². The zero-order valence-corrected chi connectivity index (χ0v) is 8.81. The van der Waals surface area contributed by atoms with Crippen LogP contribution >= 0.6 is 0 Å². The second-order valence-corrected chi connectivity index (χ2v) is 3.13. The molecule has 2 aromatic heterocycles. The fourth-order valence-electron chi connectivity index (χ4n) is 1.12. The highest BCUT2D eigenvalue weighted by Gasteiger charge is 2.31. The maximum Gasteiger partial charge on any atom is 0.573 e. The van der Waals surface area contributed by atoms with Gasteiger partial charge in [0, 0.05) is 0 Å². The Morgan fingerprint density at radius 3 is 2.67 bits per heavy atom. The summed E-state index contributed by atoms with van der Waals surface area (Å²) in [5.74, 6) is 0.398. The van der Waals surface area contributed by atoms with Crippen molar-refractivity contribution in [2.75, 3.05) is 5.32 Å². The summed E-state index contributed by atoms with van der Waals surface area (Å²) in [6.45, 7) is 0.253. The molecule has 0 unspecified atom stereocenters. The van der Waals surface area contributed by atoms with Crippen LogP contribution in [0.5, 0.6) is 5.75 Å². The third-order valence-electron chi connectivity index (χ3n) is 1.80. The largest absolute Gasteiger partial charge is 0.573 e. The third kappa shape index (κ3) is 3.61. The zero-order chi connectivity index (χ0) is 13.0. The predicted octanol–water partition coefficient (Wildman–Crippen LogP) is 1.98. The van der Waals surface area contributed by atoms with Crippen LogP contribution in [-0.2, 0) is 6.54 Å². The fourth-order valence-corrected chi connectivity index (χ4v) is 1.12. The fraction of sp³-hybridized carbons (Fsp3) is 0.222. The first-order chi connectivity index (χ1) is 8.53. The lowest BCUT2D eigenvalue weighted by molar-refractivity contribution is -0.274. The molecule has 0 aliphatic rings. The van der Waals surface area contributed by atoms with E-state index < -0.39 is 6.36 Å². The summed E-state index contributed by atoms with van der Waals surface area (Å²) in [6, 6.07) is 2.50. The van der Waals surface area contributed by atoms with Gasteiger partial charge in [0.25, 0.3) is 0 Å². The third-order valence-corrected chi connectivity index (χ3v) is 1.80. The summed E-state index contributed by atoms with van der Waals surface area (Å²) in [7, 11) is 0. The number of hydrogen-bond donors (Lipinski definition) is 1. The topological polar surface area (TPSA) is 73.1 Å². The van der Waals surface area contributed by atoms with Crippen LogP contribution in [0.25, 0.3) is 0 Å². The quantitative estimate of drug-likeness (QED) is 0.906. The summed E-state index contributed by atoms with van der Waals surface area (Å²) >= 11 is 0. The summed E-state index contributed by atoms with van der Waals surface area (Å²) in [5, 5.41) is 6.35. The number of aromatic nitrogens is 3. The number of ether oxygens (including phenoxy) is 1. The predicted molar refractivity (Wildman–Crippen MR) is 52.5 cm³/mol. The standard InChI is InChI=1S/C9H7F3N4O2/c10-9(11,12)18-6-1-2-7(13-3-6)14-4-8-15-5-17-16-8/h1-3,5H,4H2,(H,13,14). The minimum absolute atomic E-state index is 0.253. The van der Waals surface area contributed by atoms with Gasteiger partial charge < -0.3 is 14.6 Å². The number of anilines is 1. The number of pyridine rings is 1. The van der Waals surface area contributed by atoms with E-state index in [1.165, 1.54) is 12.5 Å². The normalized spacial score (nSPS) is 11.3. The van der Waals surface area contributed by atoms with Crippen molar-refractivity contribution in [1.82, 2.24) is 15.1 Å². The summed E-state index contributed by atoms with van der Waals surface area (Å²) in [6.07, 6.45) is -2.59. The second-order valence-electron chi connectivity index (χ2n) is 3.13. The van der Waals surface area contributed by atoms with E-state index in [0.717, 1.165) is 12.3 Å². The molecule has 0 aromatic carbocycles. The number of halogens is 3. The van der Waals surface area contributed by atoms with Crippen LogP contribution in [0.15, 0.2) is 29.2 Å². The van der Waals surface area contributed by atoms with Crippen LogP contribution in [0.1, 0.15) is 5.82 Å². The van der Waals surface area contributed by atoms with Crippen LogP contribution in [0.2, 0.25) is 0 Å². The van der Waals surface area contributed by atoms with Crippen molar-refractivity contribution in [3.05, 3.63) is 30.5 Å². The molecule has 0 saturated heterocycles. The number of alkyl halides is 3. The second kappa shape index (κ2) is 4.90. The molecule has 18 heavy (non-hydrogen) atoms. The van der Waals surface area contributed by atoms with Crippen molar-refractivity contribution in [3.8, 4) is 5.75 Å². The molecular formula is C9H7F3N4O2. The summed E-state index contributed by atoms with van der Waals surface area (Å²) in [5.41, 5.74) is 0. The molecule has 2 aromatic rings. The van der Waals surface area contributed by atoms with Crippen molar-refractivity contribution >= 4 is 5.82 Å². The first kappa shape index (κ1) is 12.1. The Morgan fingerprint density at radius 1 is 1.28 bits per heavy atom. The van der Waals surface area contributed by atoms with Gasteiger partial charge in [-0.3, -0.25) is 0 Å². The molecule has 0 amide bonds. The lowest BCUT2D eigenvalue weighted by Gasteiger charge is -2.08. The van der Waals surface area contributed by atoms with Gasteiger partial charge in [0.2, 0.25) is 6.39 Å². The number of hydrogen-bond acceptors (Lipinski definition) is 6. The highest BCUT2D eigenvalue weighted by Crippen LogP contribution is 2.22. The first-order valence-electron chi connectivity index (χ1n) is 4.74. The van der Waals surface area contributed by atoms with Gasteiger partial charge in [0.15, 0.2) is 5.82 Å². The minimum atomic E-state index is -4.72. The van der Waals surface area contributed by atoms with Crippen molar-refractivity contribution in [2.45, 2.75) is 12.9 Å². The van der Waals surface area contributed by atoms with Crippen LogP contribution in [0.3, 0.4) is 0 Å². The van der Waals surface area contributed by atoms with E-state index in [2.05, 4.69) is 29.7 Å². The Labute approximate surface area is 98.8 Å². The van der Waals surface area contributed by atoms with Crippen molar-refractivity contribution in [3.63, 3.8) is 0 Å². The Kier molecular flexibility index (Phi) is 3.31. The van der Waals surface area contributed by atoms with E-state index in [0.29, 0.717) is 11.6 Å². The molecule has 1 N–H and O–H groups in total. The van der Waals surface area contributed by atoms with Gasteiger partial charge in [-0.25, -0.2) is 4.98 Å². The smallest absolute Gasteiger partial charge is 0.404 e. The van der Waals surface area contributed by atoms with Crippen LogP contribution < -0.4 is 10.1 Å². The van der Waals surface area contributed by atoms with Gasteiger partial charge in [-0.05, 0) is 12.1 Å². The van der Waals surface area contributed by atoms with Crippen molar-refractivity contribution in [1.29, 1.82) is 0 Å². The number of nitrogens with zero attached hydrogens (tertiary/aromatic N) is 3. The molecule has 0 bridgehead atoms. The highest BCUT2D eigenvalue weighted by atomic mass is 19.4. The van der Waals surface area contributed by atoms with Crippen LogP contribution in [-0.4, -0.2) is 21.5 Å². The van der Waals surface area contributed by atoms with E-state index in [1.54, 1.807) is 0 Å². The van der Waals surface area contributed by atoms with Gasteiger partial charge >= 0.3 is 6.36 Å². The Hall–Kier alpha value is -2.32. The molecule has 2 rings (SSSR count). The van der Waals surface area contributed by atoms with Gasteiger partial charge in [0.05, 0.1) is 12.7 Å². The molecule has 6 nitrogen and oxygen atoms in total. The van der Waals surface area contributed by atoms with E-state index in [1.807, 2.05) is 0 Å². The lowest BCUT2D eigenvalue weighted by atomic mass is 10.4. The number of rotatable bonds is 4. The average Bonchev–Trinajstić information content (AvgIpc) is 2.79. The summed E-state index contributed by atoms with van der Waals surface area (Å²) < 4.78 is 43.8. The molecule has 96 valence electrons. The highest BCUT2D eigenvalue weighted by molar-refractivity contribution is 5.37. The van der Waals surface area contributed by atoms with Gasteiger partial charge in [-0.1, -0.05) is 5.16 Å². The Balaban J connectivity index is 1.91. The van der Waals surface area contributed by atoms with Crippen molar-refractivity contribution in [2.24, 2.45) is 0 Å². The molecule has 0 saturated carbocycles. The van der Waals surface area contributed by atoms with E-state index in [4.69, 9.17) is 0 Å². The van der Waals surface area contributed by atoms with Crippen LogP contribution in [0.4, 0.5) is 19.0 Å². The van der Waals surface area contributed by atoms with E-state index in [9.17, 15) is 13.2 Å². The van der Waals surface area contributed by atoms with E-state index >= 15 is 0 Å². The molecule has 0 fully saturated rings. The van der Waals surface area contributed by atoms with Gasteiger partial charge in [0.1, 0.15) is 11.6 Å².